The molecule has 7 nitrogen and oxygen atoms in total. The Bertz CT molecular complexity index is 664. The number of carboxylic acids is 1. The quantitative estimate of drug-likeness (QED) is 0.777. The molecule has 0 saturated heterocycles. The average molecular weight is 297 g/mol. The maximum atomic E-state index is 12.4. The van der Waals surface area contributed by atoms with Crippen LogP contribution in [0.15, 0.2) is 23.1 Å². The topological polar surface area (TPSA) is 124 Å². The number of carboxylic acid groups (broad SMARTS) is 1. The Morgan fingerprint density at radius 2 is 2.15 bits per heavy atom. The van der Waals surface area contributed by atoms with E-state index >= 15 is 0 Å². The van der Waals surface area contributed by atoms with Crippen molar-refractivity contribution in [2.75, 3.05) is 12.8 Å². The van der Waals surface area contributed by atoms with Crippen LogP contribution in [-0.2, 0) is 10.0 Å². The normalized spacial score (nSPS) is 12.9. The predicted molar refractivity (Wildman–Crippen MR) is 72.5 cm³/mol. The Labute approximate surface area is 117 Å². The van der Waals surface area contributed by atoms with E-state index in [1.807, 2.05) is 6.07 Å². The van der Waals surface area contributed by atoms with Crippen molar-refractivity contribution in [2.24, 2.45) is 0 Å². The van der Waals surface area contributed by atoms with Crippen LogP contribution in [0.3, 0.4) is 0 Å². The minimum Gasteiger partial charge on any atom is -0.478 e. The zero-order chi connectivity index (χ0) is 15.5. The van der Waals surface area contributed by atoms with Gasteiger partial charge in [-0.15, -0.1) is 0 Å². The summed E-state index contributed by atoms with van der Waals surface area (Å²) in [5.74, 6) is -1.38. The van der Waals surface area contributed by atoms with E-state index in [4.69, 9.17) is 16.1 Å². The van der Waals surface area contributed by atoms with Crippen molar-refractivity contribution in [2.45, 2.75) is 24.3 Å². The lowest BCUT2D eigenvalue weighted by molar-refractivity contribution is 0.0692. The highest BCUT2D eigenvalue weighted by molar-refractivity contribution is 7.89. The van der Waals surface area contributed by atoms with Gasteiger partial charge in [0.05, 0.1) is 22.9 Å². The van der Waals surface area contributed by atoms with Crippen LogP contribution in [0, 0.1) is 11.3 Å². The molecule has 0 spiro atoms. The fraction of sp³-hybridized carbons (Fsp3) is 0.333. The fourth-order valence-corrected chi connectivity index (χ4v) is 3.12. The van der Waals surface area contributed by atoms with E-state index in [1.165, 1.54) is 13.1 Å². The molecule has 0 amide bonds. The molecule has 0 bridgehead atoms. The Morgan fingerprint density at radius 3 is 2.65 bits per heavy atom. The first kappa shape index (κ1) is 15.9. The Morgan fingerprint density at radius 1 is 1.55 bits per heavy atom. The summed E-state index contributed by atoms with van der Waals surface area (Å²) in [6.07, 6.45) is 0.00705. The molecule has 1 unspecified atom stereocenters. The van der Waals surface area contributed by atoms with Gasteiger partial charge >= 0.3 is 5.97 Å². The molecular weight excluding hydrogens is 282 g/mol. The molecule has 0 aliphatic rings. The van der Waals surface area contributed by atoms with E-state index in [0.717, 1.165) is 16.4 Å². The number of nitrogens with two attached hydrogens (primary N) is 1. The molecule has 0 saturated carbocycles. The number of aromatic carboxylic acids is 1. The average Bonchev–Trinajstić information content (AvgIpc) is 2.37. The van der Waals surface area contributed by atoms with Gasteiger partial charge < -0.3 is 10.8 Å². The Balaban J connectivity index is 3.36. The summed E-state index contributed by atoms with van der Waals surface area (Å²) in [5, 5.41) is 17.7. The predicted octanol–water partition coefficient (Wildman–Crippen LogP) is 0.890. The smallest absolute Gasteiger partial charge is 0.337 e. The van der Waals surface area contributed by atoms with Crippen molar-refractivity contribution in [3.63, 3.8) is 0 Å². The van der Waals surface area contributed by atoms with E-state index in [-0.39, 0.29) is 22.6 Å². The third-order valence-corrected chi connectivity index (χ3v) is 4.93. The van der Waals surface area contributed by atoms with E-state index in [2.05, 4.69) is 0 Å². The lowest BCUT2D eigenvalue weighted by Crippen LogP contribution is -2.35. The van der Waals surface area contributed by atoms with Crippen LogP contribution >= 0.6 is 0 Å². The number of sulfonamides is 1. The summed E-state index contributed by atoms with van der Waals surface area (Å²) in [5.41, 5.74) is 5.25. The van der Waals surface area contributed by atoms with Crippen molar-refractivity contribution < 1.29 is 18.3 Å². The molecule has 1 rings (SSSR count). The van der Waals surface area contributed by atoms with Gasteiger partial charge in [0.15, 0.2) is 0 Å². The maximum absolute atomic E-state index is 12.4. The molecule has 1 atom stereocenters. The van der Waals surface area contributed by atoms with Gasteiger partial charge in [-0.2, -0.15) is 9.57 Å². The van der Waals surface area contributed by atoms with E-state index in [0.29, 0.717) is 0 Å². The molecule has 0 aliphatic heterocycles. The molecular formula is C12H15N3O4S. The summed E-state index contributed by atoms with van der Waals surface area (Å²) < 4.78 is 25.8. The van der Waals surface area contributed by atoms with Gasteiger partial charge in [0.1, 0.15) is 0 Å². The Kier molecular flexibility index (Phi) is 4.70. The second kappa shape index (κ2) is 5.90. The first-order valence-corrected chi connectivity index (χ1v) is 7.13. The second-order valence-electron chi connectivity index (χ2n) is 4.29. The first-order chi connectivity index (χ1) is 9.21. The first-order valence-electron chi connectivity index (χ1n) is 5.69. The van der Waals surface area contributed by atoms with Crippen LogP contribution in [0.2, 0.25) is 0 Å². The number of hydrogen-bond donors (Lipinski definition) is 2. The zero-order valence-electron chi connectivity index (χ0n) is 11.1. The van der Waals surface area contributed by atoms with Crippen molar-refractivity contribution in [3.05, 3.63) is 23.8 Å². The molecule has 0 fully saturated rings. The monoisotopic (exact) mass is 297 g/mol. The van der Waals surface area contributed by atoms with Crippen molar-refractivity contribution in [1.82, 2.24) is 4.31 Å². The molecule has 0 heterocycles. The number of anilines is 1. The Hall–Kier alpha value is -2.11. The van der Waals surface area contributed by atoms with Gasteiger partial charge in [-0.3, -0.25) is 0 Å². The molecule has 0 radical (unpaired) electrons. The summed E-state index contributed by atoms with van der Waals surface area (Å²) in [6.45, 7) is 1.57. The van der Waals surface area contributed by atoms with Crippen LogP contribution in [0.4, 0.5) is 5.69 Å². The van der Waals surface area contributed by atoms with Gasteiger partial charge in [0.25, 0.3) is 0 Å². The molecule has 0 aromatic heterocycles. The van der Waals surface area contributed by atoms with Gasteiger partial charge in [0, 0.05) is 18.8 Å². The SMILES string of the molecule is CC(CC#N)N(C)S(=O)(=O)c1ccc(N)cc1C(=O)O. The summed E-state index contributed by atoms with van der Waals surface area (Å²) in [6, 6.07) is 4.88. The van der Waals surface area contributed by atoms with E-state index in [9.17, 15) is 13.2 Å². The van der Waals surface area contributed by atoms with Gasteiger partial charge in [-0.25, -0.2) is 13.2 Å². The van der Waals surface area contributed by atoms with Crippen LogP contribution in [0.5, 0.6) is 0 Å². The summed E-state index contributed by atoms with van der Waals surface area (Å²) in [7, 11) is -2.70. The van der Waals surface area contributed by atoms with Crippen LogP contribution < -0.4 is 5.73 Å². The summed E-state index contributed by atoms with van der Waals surface area (Å²) >= 11 is 0. The van der Waals surface area contributed by atoms with E-state index in [1.54, 1.807) is 6.92 Å². The molecule has 8 heteroatoms. The molecule has 108 valence electrons. The number of rotatable bonds is 5. The second-order valence-corrected chi connectivity index (χ2v) is 6.26. The molecule has 0 aliphatic carbocycles. The fourth-order valence-electron chi connectivity index (χ4n) is 1.59. The van der Waals surface area contributed by atoms with Gasteiger partial charge in [0.2, 0.25) is 10.0 Å². The number of hydrogen-bond acceptors (Lipinski definition) is 5. The highest BCUT2D eigenvalue weighted by atomic mass is 32.2. The number of benzene rings is 1. The molecule has 20 heavy (non-hydrogen) atoms. The van der Waals surface area contributed by atoms with Gasteiger partial charge in [-0.05, 0) is 25.1 Å². The minimum absolute atomic E-state index is 0.00705. The van der Waals surface area contributed by atoms with Crippen LogP contribution in [0.1, 0.15) is 23.7 Å². The third kappa shape index (κ3) is 3.07. The number of nitrogen functional groups attached to an aromatic ring is 1. The van der Waals surface area contributed by atoms with Gasteiger partial charge in [-0.1, -0.05) is 0 Å². The van der Waals surface area contributed by atoms with Crippen molar-refractivity contribution >= 4 is 21.7 Å². The molecule has 3 N–H and O–H groups in total. The van der Waals surface area contributed by atoms with Crippen molar-refractivity contribution in [1.29, 1.82) is 5.26 Å². The third-order valence-electron chi connectivity index (χ3n) is 2.90. The maximum Gasteiger partial charge on any atom is 0.337 e. The largest absolute Gasteiger partial charge is 0.478 e. The summed E-state index contributed by atoms with van der Waals surface area (Å²) in [4.78, 5) is 10.8. The number of nitrogens with zero attached hydrogens (tertiary/aromatic N) is 2. The standard InChI is InChI=1S/C12H15N3O4S/c1-8(5-6-13)15(2)20(18,19)11-4-3-9(14)7-10(11)12(16)17/h3-4,7-8H,5,14H2,1-2H3,(H,16,17). The van der Waals surface area contributed by atoms with Crippen LogP contribution in [-0.4, -0.2) is 36.9 Å². The van der Waals surface area contributed by atoms with Crippen LogP contribution in [0.25, 0.3) is 0 Å². The molecule has 1 aromatic carbocycles. The lowest BCUT2D eigenvalue weighted by atomic mass is 10.2. The molecule has 1 aromatic rings. The van der Waals surface area contributed by atoms with E-state index < -0.39 is 22.0 Å². The number of nitriles is 1. The lowest BCUT2D eigenvalue weighted by Gasteiger charge is -2.23. The number of carbonyl (C=O) groups is 1. The highest BCUT2D eigenvalue weighted by Crippen LogP contribution is 2.23. The highest BCUT2D eigenvalue weighted by Gasteiger charge is 2.29. The van der Waals surface area contributed by atoms with Crippen molar-refractivity contribution in [3.8, 4) is 6.07 Å². The minimum atomic E-state index is -4.01. The zero-order valence-corrected chi connectivity index (χ0v) is 11.9.